The van der Waals surface area contributed by atoms with Gasteiger partial charge in [0.2, 0.25) is 17.7 Å². The molecule has 0 aliphatic heterocycles. The first-order valence-corrected chi connectivity index (χ1v) is 10.9. The van der Waals surface area contributed by atoms with Crippen molar-refractivity contribution in [1.82, 2.24) is 25.9 Å². The number of phenols is 1. The molecule has 2 aromatic rings. The molecule has 0 aliphatic carbocycles. The van der Waals surface area contributed by atoms with Gasteiger partial charge in [-0.25, -0.2) is 9.78 Å². The van der Waals surface area contributed by atoms with Gasteiger partial charge >= 0.3 is 11.9 Å². The molecule has 14 heteroatoms. The normalized spacial score (nSPS) is 13.1. The average molecular weight is 505 g/mol. The van der Waals surface area contributed by atoms with Gasteiger partial charge in [0.15, 0.2) is 0 Å². The summed E-state index contributed by atoms with van der Waals surface area (Å²) in [6, 6.07) is 2.36. The monoisotopic (exact) mass is 504 g/mol. The molecule has 1 aromatic heterocycles. The van der Waals surface area contributed by atoms with Crippen molar-refractivity contribution in [3.05, 3.63) is 48.0 Å². The SMILES string of the molecule is NC(Cc1ccc(O)cc1)C(=O)NCC(=O)NC(CCC(=O)O)C(=O)NC(Cc1cnc[nH]1)C(=O)O. The number of nitrogens with two attached hydrogens (primary N) is 1. The Labute approximate surface area is 205 Å². The topological polar surface area (TPSA) is 237 Å². The number of rotatable bonds is 14. The van der Waals surface area contributed by atoms with Gasteiger partial charge in [-0.1, -0.05) is 12.1 Å². The Bertz CT molecular complexity index is 1060. The highest BCUT2D eigenvalue weighted by Crippen LogP contribution is 2.11. The molecule has 9 N–H and O–H groups in total. The number of carbonyl (C=O) groups is 5. The number of carbonyl (C=O) groups excluding carboxylic acids is 3. The molecule has 3 atom stereocenters. The molecular weight excluding hydrogens is 476 g/mol. The third-order valence-electron chi connectivity index (χ3n) is 5.04. The van der Waals surface area contributed by atoms with Crippen LogP contribution in [0.2, 0.25) is 0 Å². The third kappa shape index (κ3) is 9.42. The van der Waals surface area contributed by atoms with Gasteiger partial charge in [-0.3, -0.25) is 19.2 Å². The van der Waals surface area contributed by atoms with E-state index in [9.17, 15) is 34.2 Å². The number of carboxylic acid groups (broad SMARTS) is 2. The van der Waals surface area contributed by atoms with E-state index in [4.69, 9.17) is 10.8 Å². The summed E-state index contributed by atoms with van der Waals surface area (Å²) in [5.41, 5.74) is 6.98. The number of aliphatic carboxylic acids is 2. The summed E-state index contributed by atoms with van der Waals surface area (Å²) in [5, 5.41) is 34.6. The van der Waals surface area contributed by atoms with Crippen molar-refractivity contribution in [2.45, 2.75) is 43.8 Å². The summed E-state index contributed by atoms with van der Waals surface area (Å²) < 4.78 is 0. The molecule has 36 heavy (non-hydrogen) atoms. The second kappa shape index (κ2) is 13.4. The fourth-order valence-electron chi connectivity index (χ4n) is 3.15. The summed E-state index contributed by atoms with van der Waals surface area (Å²) in [7, 11) is 0. The van der Waals surface area contributed by atoms with E-state index in [0.29, 0.717) is 11.3 Å². The van der Waals surface area contributed by atoms with Crippen molar-refractivity contribution in [3.8, 4) is 5.75 Å². The number of aromatic amines is 1. The highest BCUT2D eigenvalue weighted by Gasteiger charge is 2.28. The van der Waals surface area contributed by atoms with E-state index in [-0.39, 0.29) is 25.0 Å². The Morgan fingerprint density at radius 1 is 0.972 bits per heavy atom. The Hall–Kier alpha value is -4.46. The molecule has 0 saturated heterocycles. The lowest BCUT2D eigenvalue weighted by atomic mass is 10.1. The van der Waals surface area contributed by atoms with Gasteiger partial charge in [-0.05, 0) is 30.5 Å². The molecular formula is C22H28N6O8. The Morgan fingerprint density at radius 3 is 2.25 bits per heavy atom. The van der Waals surface area contributed by atoms with E-state index in [2.05, 4.69) is 25.9 Å². The predicted molar refractivity (Wildman–Crippen MR) is 123 cm³/mol. The zero-order chi connectivity index (χ0) is 26.7. The van der Waals surface area contributed by atoms with Crippen LogP contribution in [0.4, 0.5) is 0 Å². The number of phenolic OH excluding ortho intramolecular Hbond substituents is 1. The molecule has 0 bridgehead atoms. The van der Waals surface area contributed by atoms with Gasteiger partial charge < -0.3 is 42.0 Å². The van der Waals surface area contributed by atoms with E-state index >= 15 is 0 Å². The number of carboxylic acids is 2. The second-order valence-electron chi connectivity index (χ2n) is 7.93. The van der Waals surface area contributed by atoms with Crippen LogP contribution >= 0.6 is 0 Å². The number of hydrogen-bond acceptors (Lipinski definition) is 8. The molecule has 194 valence electrons. The number of H-pyrrole nitrogens is 1. The van der Waals surface area contributed by atoms with Crippen LogP contribution in [0.5, 0.6) is 5.75 Å². The minimum atomic E-state index is -1.36. The van der Waals surface area contributed by atoms with Gasteiger partial charge in [-0.2, -0.15) is 0 Å². The van der Waals surface area contributed by atoms with Crippen LogP contribution in [0.15, 0.2) is 36.8 Å². The first-order valence-electron chi connectivity index (χ1n) is 10.9. The van der Waals surface area contributed by atoms with Crippen LogP contribution in [-0.4, -0.2) is 79.6 Å². The number of nitrogens with one attached hydrogen (secondary N) is 4. The fraction of sp³-hybridized carbons (Fsp3) is 0.364. The van der Waals surface area contributed by atoms with Gasteiger partial charge in [0.25, 0.3) is 0 Å². The maximum Gasteiger partial charge on any atom is 0.326 e. The summed E-state index contributed by atoms with van der Waals surface area (Å²) in [4.78, 5) is 66.3. The number of hydrogen-bond donors (Lipinski definition) is 8. The summed E-state index contributed by atoms with van der Waals surface area (Å²) >= 11 is 0. The number of aromatic hydroxyl groups is 1. The lowest BCUT2D eigenvalue weighted by Gasteiger charge is -2.21. The molecule has 2 rings (SSSR count). The second-order valence-corrected chi connectivity index (χ2v) is 7.93. The minimum Gasteiger partial charge on any atom is -0.508 e. The molecule has 0 radical (unpaired) electrons. The van der Waals surface area contributed by atoms with E-state index in [1.165, 1.54) is 24.7 Å². The molecule has 0 saturated carbocycles. The smallest absolute Gasteiger partial charge is 0.326 e. The van der Waals surface area contributed by atoms with Crippen molar-refractivity contribution in [2.24, 2.45) is 5.73 Å². The van der Waals surface area contributed by atoms with Crippen molar-refractivity contribution in [3.63, 3.8) is 0 Å². The molecule has 0 spiro atoms. The fourth-order valence-corrected chi connectivity index (χ4v) is 3.15. The van der Waals surface area contributed by atoms with E-state index in [0.717, 1.165) is 0 Å². The zero-order valence-corrected chi connectivity index (χ0v) is 19.1. The van der Waals surface area contributed by atoms with Gasteiger partial charge in [0.1, 0.15) is 17.8 Å². The third-order valence-corrected chi connectivity index (χ3v) is 5.04. The largest absolute Gasteiger partial charge is 0.508 e. The lowest BCUT2D eigenvalue weighted by Crippen LogP contribution is -2.54. The number of benzene rings is 1. The minimum absolute atomic E-state index is 0.0610. The maximum absolute atomic E-state index is 12.7. The van der Waals surface area contributed by atoms with Crippen LogP contribution in [0, 0.1) is 0 Å². The predicted octanol–water partition coefficient (Wildman–Crippen LogP) is -1.74. The molecule has 0 fully saturated rings. The molecule has 3 unspecified atom stereocenters. The van der Waals surface area contributed by atoms with Crippen LogP contribution in [0.3, 0.4) is 0 Å². The Kier molecular flexibility index (Phi) is 10.4. The standard InChI is InChI=1S/C22H28N6O8/c23-15(7-12-1-3-14(29)4-2-12)20(33)25-10-18(30)27-16(5-6-19(31)32)21(34)28-17(22(35)36)8-13-9-24-11-26-13/h1-4,9,11,15-17,29H,5-8,10,23H2,(H,24,26)(H,25,33)(H,27,30)(H,28,34)(H,31,32)(H,35,36). The van der Waals surface area contributed by atoms with Gasteiger partial charge in [0, 0.05) is 24.7 Å². The van der Waals surface area contributed by atoms with Crippen molar-refractivity contribution >= 4 is 29.7 Å². The van der Waals surface area contributed by atoms with E-state index < -0.39 is 60.8 Å². The quantitative estimate of drug-likeness (QED) is 0.144. The number of aromatic nitrogens is 2. The Balaban J connectivity index is 1.93. The molecule has 14 nitrogen and oxygen atoms in total. The first kappa shape index (κ1) is 27.8. The van der Waals surface area contributed by atoms with Gasteiger partial charge in [-0.15, -0.1) is 0 Å². The highest BCUT2D eigenvalue weighted by molar-refractivity contribution is 5.92. The number of imidazole rings is 1. The van der Waals surface area contributed by atoms with Crippen molar-refractivity contribution in [2.75, 3.05) is 6.54 Å². The number of amides is 3. The number of nitrogens with zero attached hydrogens (tertiary/aromatic N) is 1. The first-order chi connectivity index (χ1) is 17.0. The Morgan fingerprint density at radius 2 is 1.67 bits per heavy atom. The van der Waals surface area contributed by atoms with Crippen LogP contribution < -0.4 is 21.7 Å². The van der Waals surface area contributed by atoms with Gasteiger partial charge in [0.05, 0.1) is 18.9 Å². The molecule has 0 aliphatic rings. The summed E-state index contributed by atoms with van der Waals surface area (Å²) in [6.07, 6.45) is 1.98. The average Bonchev–Trinajstić information content (AvgIpc) is 3.34. The summed E-state index contributed by atoms with van der Waals surface area (Å²) in [6.45, 7) is -0.546. The van der Waals surface area contributed by atoms with Crippen molar-refractivity contribution in [1.29, 1.82) is 0 Å². The maximum atomic E-state index is 12.7. The molecule has 1 aromatic carbocycles. The van der Waals surface area contributed by atoms with Crippen LogP contribution in [0.25, 0.3) is 0 Å². The van der Waals surface area contributed by atoms with E-state index in [1.54, 1.807) is 12.1 Å². The van der Waals surface area contributed by atoms with Crippen molar-refractivity contribution < 1.29 is 39.3 Å². The molecule has 3 amide bonds. The van der Waals surface area contributed by atoms with E-state index in [1.807, 2.05) is 0 Å². The lowest BCUT2D eigenvalue weighted by molar-refractivity contribution is -0.143. The highest BCUT2D eigenvalue weighted by atomic mass is 16.4. The van der Waals surface area contributed by atoms with Crippen LogP contribution in [-0.2, 0) is 36.8 Å². The molecule has 1 heterocycles. The summed E-state index contributed by atoms with van der Waals surface area (Å²) in [5.74, 6) is -4.84. The van der Waals surface area contributed by atoms with Crippen LogP contribution in [0.1, 0.15) is 24.1 Å². The zero-order valence-electron chi connectivity index (χ0n) is 19.1.